The van der Waals surface area contributed by atoms with Gasteiger partial charge in [0.05, 0.1) is 36.5 Å². The minimum absolute atomic E-state index is 0.0306. The topological polar surface area (TPSA) is 130 Å². The number of ether oxygens (including phenoxy) is 2. The fourth-order valence-corrected chi connectivity index (χ4v) is 5.12. The predicted octanol–water partition coefficient (Wildman–Crippen LogP) is 3.87. The molecule has 0 spiro atoms. The molecule has 1 amide bonds. The molecule has 0 aliphatic carbocycles. The van der Waals surface area contributed by atoms with Crippen LogP contribution in [0, 0.1) is 5.41 Å². The van der Waals surface area contributed by atoms with Gasteiger partial charge in [0.15, 0.2) is 17.3 Å². The Morgan fingerprint density at radius 3 is 2.65 bits per heavy atom. The van der Waals surface area contributed by atoms with E-state index in [1.165, 1.54) is 12.3 Å². The number of carbonyl (C=O) groups is 2. The number of para-hydroxylation sites is 2. The number of anilines is 3. The third-order valence-corrected chi connectivity index (χ3v) is 7.35. The Bertz CT molecular complexity index is 1350. The number of hydrogen-bond acceptors (Lipinski definition) is 9. The highest BCUT2D eigenvalue weighted by molar-refractivity contribution is 5.95. The van der Waals surface area contributed by atoms with E-state index in [2.05, 4.69) is 20.2 Å². The molecule has 2 N–H and O–H groups in total. The highest BCUT2D eigenvalue weighted by atomic mass is 16.5. The summed E-state index contributed by atoms with van der Waals surface area (Å²) in [6, 6.07) is 10.9. The van der Waals surface area contributed by atoms with E-state index in [9.17, 15) is 9.59 Å². The zero-order chi connectivity index (χ0) is 28.1. The van der Waals surface area contributed by atoms with Gasteiger partial charge in [-0.2, -0.15) is 0 Å². The Morgan fingerprint density at radius 2 is 1.90 bits per heavy atom. The molecule has 210 valence electrons. The van der Waals surface area contributed by atoms with E-state index < -0.39 is 11.4 Å². The fourth-order valence-electron chi connectivity index (χ4n) is 5.12. The van der Waals surface area contributed by atoms with Crippen LogP contribution < -0.4 is 24.6 Å². The quantitative estimate of drug-likeness (QED) is 0.408. The van der Waals surface area contributed by atoms with Crippen molar-refractivity contribution >= 4 is 29.3 Å². The summed E-state index contributed by atoms with van der Waals surface area (Å²) in [4.78, 5) is 41.9. The lowest BCUT2D eigenvalue weighted by atomic mass is 9.89. The summed E-state index contributed by atoms with van der Waals surface area (Å²) in [5, 5.41) is 12.1. The number of amides is 1. The van der Waals surface area contributed by atoms with Gasteiger partial charge in [0, 0.05) is 25.8 Å². The molecule has 2 aliphatic heterocycles. The highest BCUT2D eigenvalue weighted by Gasteiger charge is 2.41. The van der Waals surface area contributed by atoms with Crippen LogP contribution in [0.1, 0.15) is 43.5 Å². The minimum Gasteiger partial charge on any atom is -0.490 e. The zero-order valence-corrected chi connectivity index (χ0v) is 22.7. The van der Waals surface area contributed by atoms with E-state index >= 15 is 0 Å². The summed E-state index contributed by atoms with van der Waals surface area (Å²) in [7, 11) is 0. The lowest BCUT2D eigenvalue weighted by Crippen LogP contribution is -2.42. The smallest absolute Gasteiger partial charge is 0.337 e. The number of pyridine rings is 1. The van der Waals surface area contributed by atoms with Gasteiger partial charge in [-0.15, -0.1) is 0 Å². The maximum absolute atomic E-state index is 13.3. The van der Waals surface area contributed by atoms with Crippen molar-refractivity contribution in [3.05, 3.63) is 60.6 Å². The number of nitrogens with zero attached hydrogens (tertiary/aromatic N) is 5. The van der Waals surface area contributed by atoms with E-state index in [-0.39, 0.29) is 17.6 Å². The average Bonchev–Trinajstić information content (AvgIpc) is 3.38. The fraction of sp³-hybridized carbons (Fsp3) is 0.414. The van der Waals surface area contributed by atoms with Crippen molar-refractivity contribution in [3.8, 4) is 11.5 Å². The Morgan fingerprint density at radius 1 is 1.07 bits per heavy atom. The Labute approximate surface area is 233 Å². The highest BCUT2D eigenvalue weighted by Crippen LogP contribution is 2.34. The van der Waals surface area contributed by atoms with E-state index in [0.717, 1.165) is 30.9 Å². The largest absolute Gasteiger partial charge is 0.490 e. The first-order valence-corrected chi connectivity index (χ1v) is 13.6. The second-order valence-electron chi connectivity index (χ2n) is 10.4. The molecule has 2 atom stereocenters. The standard InChI is InChI=1S/C29H34N6O5/c1-3-39-22-8-4-5-9-23(22)40-21-7-6-13-34(18-21)26-17-30-16-24(32-26)33-28(38)29(2)12-14-35(19-29)25-11-10-20(15-31-25)27(36)37/h4-5,8-11,15-17,21H,3,6-7,12-14,18-19H2,1-2H3,(H,36,37)(H,32,33,38). The number of carboxylic acid groups (broad SMARTS) is 1. The van der Waals surface area contributed by atoms with Crippen molar-refractivity contribution in [2.24, 2.45) is 5.41 Å². The van der Waals surface area contributed by atoms with Crippen molar-refractivity contribution in [1.29, 1.82) is 0 Å². The molecule has 0 radical (unpaired) electrons. The molecule has 4 heterocycles. The molecule has 40 heavy (non-hydrogen) atoms. The third kappa shape index (κ3) is 6.08. The van der Waals surface area contributed by atoms with Gasteiger partial charge < -0.3 is 29.7 Å². The van der Waals surface area contributed by atoms with E-state index in [4.69, 9.17) is 19.6 Å². The molecule has 2 fully saturated rings. The molecule has 11 nitrogen and oxygen atoms in total. The number of aromatic nitrogens is 3. The summed E-state index contributed by atoms with van der Waals surface area (Å²) >= 11 is 0. The molecular formula is C29H34N6O5. The number of carbonyl (C=O) groups excluding carboxylic acids is 1. The summed E-state index contributed by atoms with van der Waals surface area (Å²) in [5.74, 6) is 2.03. The predicted molar refractivity (Wildman–Crippen MR) is 150 cm³/mol. The molecule has 1 aromatic carbocycles. The monoisotopic (exact) mass is 546 g/mol. The molecule has 2 saturated heterocycles. The summed E-state index contributed by atoms with van der Waals surface area (Å²) < 4.78 is 12.0. The van der Waals surface area contributed by atoms with Crippen molar-refractivity contribution in [1.82, 2.24) is 15.0 Å². The molecular weight excluding hydrogens is 512 g/mol. The number of benzene rings is 1. The summed E-state index contributed by atoms with van der Waals surface area (Å²) in [6.45, 7) is 6.99. The van der Waals surface area contributed by atoms with Crippen molar-refractivity contribution in [3.63, 3.8) is 0 Å². The molecule has 3 aromatic rings. The first-order valence-electron chi connectivity index (χ1n) is 13.6. The zero-order valence-electron chi connectivity index (χ0n) is 22.7. The Kier molecular flexibility index (Phi) is 7.99. The minimum atomic E-state index is -1.02. The van der Waals surface area contributed by atoms with Gasteiger partial charge in [-0.25, -0.2) is 14.8 Å². The van der Waals surface area contributed by atoms with Crippen molar-refractivity contribution < 1.29 is 24.2 Å². The molecule has 0 saturated carbocycles. The lowest BCUT2D eigenvalue weighted by Gasteiger charge is -2.34. The number of piperidine rings is 1. The van der Waals surface area contributed by atoms with Crippen LogP contribution >= 0.6 is 0 Å². The SMILES string of the molecule is CCOc1ccccc1OC1CCCN(c2cncc(NC(=O)C3(C)CCN(c4ccc(C(=O)O)cn4)C3)n2)C1. The normalized spacial score (nSPS) is 20.7. The van der Waals surface area contributed by atoms with Crippen LogP contribution in [0.15, 0.2) is 55.0 Å². The van der Waals surface area contributed by atoms with Crippen LogP contribution in [0.2, 0.25) is 0 Å². The average molecular weight is 547 g/mol. The number of hydrogen-bond donors (Lipinski definition) is 2. The number of aromatic carboxylic acids is 1. The maximum atomic E-state index is 13.3. The third-order valence-electron chi connectivity index (χ3n) is 7.35. The number of rotatable bonds is 9. The molecule has 0 bridgehead atoms. The molecule has 2 unspecified atom stereocenters. The van der Waals surface area contributed by atoms with Gasteiger partial charge in [-0.1, -0.05) is 12.1 Å². The van der Waals surface area contributed by atoms with Crippen LogP contribution in [-0.4, -0.2) is 70.8 Å². The first kappa shape index (κ1) is 27.2. The van der Waals surface area contributed by atoms with E-state index in [1.807, 2.05) is 43.0 Å². The lowest BCUT2D eigenvalue weighted by molar-refractivity contribution is -0.123. The van der Waals surface area contributed by atoms with Gasteiger partial charge >= 0.3 is 5.97 Å². The first-order chi connectivity index (χ1) is 19.3. The van der Waals surface area contributed by atoms with Crippen LogP contribution in [0.25, 0.3) is 0 Å². The summed E-state index contributed by atoms with van der Waals surface area (Å²) in [6.07, 6.45) is 7.05. The second-order valence-corrected chi connectivity index (χ2v) is 10.4. The second kappa shape index (κ2) is 11.8. The maximum Gasteiger partial charge on any atom is 0.337 e. The van der Waals surface area contributed by atoms with Crippen LogP contribution in [0.4, 0.5) is 17.5 Å². The molecule has 5 rings (SSSR count). The van der Waals surface area contributed by atoms with Crippen molar-refractivity contribution in [2.75, 3.05) is 47.9 Å². The number of carboxylic acids is 1. The van der Waals surface area contributed by atoms with Gasteiger partial charge in [0.25, 0.3) is 0 Å². The van der Waals surface area contributed by atoms with E-state index in [0.29, 0.717) is 50.1 Å². The van der Waals surface area contributed by atoms with Gasteiger partial charge in [0.2, 0.25) is 5.91 Å². The summed E-state index contributed by atoms with van der Waals surface area (Å²) in [5.41, 5.74) is -0.535. The molecule has 2 aromatic heterocycles. The van der Waals surface area contributed by atoms with Crippen LogP contribution in [0.5, 0.6) is 11.5 Å². The van der Waals surface area contributed by atoms with Crippen LogP contribution in [-0.2, 0) is 4.79 Å². The molecule has 2 aliphatic rings. The van der Waals surface area contributed by atoms with Gasteiger partial charge in [-0.3, -0.25) is 9.78 Å². The Balaban J connectivity index is 1.21. The van der Waals surface area contributed by atoms with E-state index in [1.54, 1.807) is 18.5 Å². The van der Waals surface area contributed by atoms with Gasteiger partial charge in [-0.05, 0) is 57.4 Å². The molecule has 11 heteroatoms. The van der Waals surface area contributed by atoms with Crippen molar-refractivity contribution in [2.45, 2.75) is 39.2 Å². The Hall–Kier alpha value is -4.41. The van der Waals surface area contributed by atoms with Crippen LogP contribution in [0.3, 0.4) is 0 Å². The van der Waals surface area contributed by atoms with Gasteiger partial charge in [0.1, 0.15) is 17.7 Å². The number of nitrogens with one attached hydrogen (secondary N) is 1.